The number of fused-ring (bicyclic) bond motifs is 11. The van der Waals surface area contributed by atoms with Crippen molar-refractivity contribution < 1.29 is 0 Å². The summed E-state index contributed by atoms with van der Waals surface area (Å²) in [5.74, 6) is 1.64. The van der Waals surface area contributed by atoms with Gasteiger partial charge < -0.3 is 0 Å². The molecule has 0 unspecified atom stereocenters. The van der Waals surface area contributed by atoms with Crippen LogP contribution in [0.4, 0.5) is 0 Å². The summed E-state index contributed by atoms with van der Waals surface area (Å²) in [7, 11) is 0. The van der Waals surface area contributed by atoms with E-state index in [-0.39, 0.29) is 27.1 Å². The number of rotatable bonds is 0. The number of nitrogens with zero attached hydrogens (tertiary/aromatic N) is 12. The first-order chi connectivity index (χ1) is 50.8. The van der Waals surface area contributed by atoms with Crippen LogP contribution in [0.3, 0.4) is 0 Å². The number of hydrogen-bond acceptors (Lipinski definition) is 12. The topological polar surface area (TPSA) is 155 Å². The Morgan fingerprint density at radius 2 is 0.405 bits per heavy atom. The molecule has 3 aromatic carbocycles. The third-order valence-corrected chi connectivity index (χ3v) is 24.7. The summed E-state index contributed by atoms with van der Waals surface area (Å²) < 4.78 is 0. The summed E-state index contributed by atoms with van der Waals surface area (Å²) in [6, 6.07) is 0. The molecular formula is C99H132N12. The Kier molecular flexibility index (Phi) is 23.4. The number of aryl methyl sites for hydroxylation is 23. The molecule has 0 bridgehead atoms. The average Bonchev–Trinajstić information content (AvgIpc) is 0.730. The van der Waals surface area contributed by atoms with Crippen molar-refractivity contribution in [2.24, 2.45) is 0 Å². The molecule has 12 heteroatoms. The fraction of sp³-hybridized carbons (Fsp3) is 0.495. The van der Waals surface area contributed by atoms with Gasteiger partial charge in [-0.15, -0.1) is 0 Å². The molecule has 12 nitrogen and oxygen atoms in total. The molecule has 0 saturated carbocycles. The van der Waals surface area contributed by atoms with E-state index in [1.165, 1.54) is 160 Å². The second-order valence-electron chi connectivity index (χ2n) is 37.8. The van der Waals surface area contributed by atoms with Crippen molar-refractivity contribution in [3.05, 3.63) is 191 Å². The smallest absolute Gasteiger partial charge is 0.126 e. The molecule has 10 aromatic heterocycles. The molecule has 0 fully saturated rings. The Bertz CT molecular complexity index is 6050. The minimum absolute atomic E-state index is 0.0361. The lowest BCUT2D eigenvalue weighted by Crippen LogP contribution is -2.17. The van der Waals surface area contributed by atoms with E-state index in [4.69, 9.17) is 59.8 Å². The molecule has 0 aliphatic carbocycles. The van der Waals surface area contributed by atoms with Crippen LogP contribution in [0.25, 0.3) is 87.2 Å². The molecule has 13 aromatic rings. The van der Waals surface area contributed by atoms with Crippen LogP contribution in [0.2, 0.25) is 0 Å². The lowest BCUT2D eigenvalue weighted by Gasteiger charge is -2.28. The summed E-state index contributed by atoms with van der Waals surface area (Å²) in [5.41, 5.74) is 47.7. The van der Waals surface area contributed by atoms with E-state index in [1.807, 2.05) is 13.8 Å². The average molecular weight is 1490 g/mol. The molecule has 111 heavy (non-hydrogen) atoms. The van der Waals surface area contributed by atoms with Crippen molar-refractivity contribution in [2.75, 3.05) is 0 Å². The Morgan fingerprint density at radius 3 is 0.838 bits per heavy atom. The highest BCUT2D eigenvalue weighted by atomic mass is 14.9. The minimum atomic E-state index is -0.0606. The van der Waals surface area contributed by atoms with Gasteiger partial charge in [-0.2, -0.15) is 0 Å². The molecule has 0 saturated heterocycles. The number of aromatic nitrogens is 12. The molecule has 0 aliphatic rings. The zero-order valence-corrected chi connectivity index (χ0v) is 76.9. The maximum Gasteiger partial charge on any atom is 0.126 e. The van der Waals surface area contributed by atoms with E-state index in [1.54, 1.807) is 0 Å². The fourth-order valence-electron chi connectivity index (χ4n) is 16.7. The van der Waals surface area contributed by atoms with Gasteiger partial charge in [-0.1, -0.05) is 104 Å². The van der Waals surface area contributed by atoms with Gasteiger partial charge in [0.25, 0.3) is 0 Å². The maximum atomic E-state index is 5.03. The first kappa shape index (κ1) is 86.1. The van der Waals surface area contributed by atoms with Gasteiger partial charge >= 0.3 is 0 Å². The summed E-state index contributed by atoms with van der Waals surface area (Å²) in [4.78, 5) is 58.5. The van der Waals surface area contributed by atoms with Crippen molar-refractivity contribution in [2.45, 2.75) is 332 Å². The molecule has 0 aliphatic heterocycles. The van der Waals surface area contributed by atoms with Gasteiger partial charge in [0.2, 0.25) is 0 Å². The largest absolute Gasteiger partial charge is 0.258 e. The highest BCUT2D eigenvalue weighted by Gasteiger charge is 2.31. The summed E-state index contributed by atoms with van der Waals surface area (Å²) in [6.07, 6.45) is 0. The predicted molar refractivity (Wildman–Crippen MR) is 477 cm³/mol. The van der Waals surface area contributed by atoms with Crippen LogP contribution in [-0.2, 0) is 27.1 Å². The fourth-order valence-corrected chi connectivity index (χ4v) is 16.7. The van der Waals surface area contributed by atoms with Gasteiger partial charge in [-0.05, 0) is 317 Å². The van der Waals surface area contributed by atoms with Crippen molar-refractivity contribution in [1.29, 1.82) is 0 Å². The number of benzene rings is 3. The van der Waals surface area contributed by atoms with E-state index in [0.717, 1.165) is 118 Å². The Balaban J connectivity index is 0.000000160. The standard InChI is InChI=1S/C23H30N2.2C21H27N3.2C17H24N2/c1-11-13(3)18-15(5)20(23(8,9)10)19-14(4)12(2)17(7)25-22(19)21(18)24-16(11)6;1-10-11(2)16-12(3)13(4)18-17(19(16)22-14(10)5)20(21(7,8)9)24-15(6)23-18;1-10-11(2)16-12(3)13(4)17-19(18(16)22-14(10)5)23-15(6)24-20(17)21(7,8)9;1-9-12(4)19-16(17(6,7)8)15-10(2)11(3)18-13(5)14(9)15;1-9-10(2)15-14(18-13(9)5)11(3)12(4)16(19-15)17(6,7)8/h1-10H3;2*1-9H3;2*1-8H3. The lowest BCUT2D eigenvalue weighted by molar-refractivity contribution is 0.566. The molecule has 0 N–H and O–H groups in total. The van der Waals surface area contributed by atoms with Crippen LogP contribution >= 0.6 is 0 Å². The third-order valence-electron chi connectivity index (χ3n) is 24.7. The lowest BCUT2D eigenvalue weighted by atomic mass is 9.78. The molecule has 13 rings (SSSR count). The maximum absolute atomic E-state index is 5.03. The normalized spacial score (nSPS) is 12.3. The highest BCUT2D eigenvalue weighted by Crippen LogP contribution is 2.45. The van der Waals surface area contributed by atoms with Crippen molar-refractivity contribution in [1.82, 2.24) is 59.8 Å². The van der Waals surface area contributed by atoms with Crippen LogP contribution in [-0.4, -0.2) is 59.8 Å². The van der Waals surface area contributed by atoms with Crippen LogP contribution in [0.15, 0.2) is 0 Å². The van der Waals surface area contributed by atoms with E-state index in [2.05, 4.69) is 291 Å². The van der Waals surface area contributed by atoms with Crippen LogP contribution < -0.4 is 0 Å². The first-order valence-electron chi connectivity index (χ1n) is 40.1. The number of pyridine rings is 8. The van der Waals surface area contributed by atoms with Gasteiger partial charge in [0.1, 0.15) is 17.2 Å². The molecule has 0 atom stereocenters. The van der Waals surface area contributed by atoms with E-state index >= 15 is 0 Å². The Morgan fingerprint density at radius 1 is 0.135 bits per heavy atom. The molecule has 0 radical (unpaired) electrons. The minimum Gasteiger partial charge on any atom is -0.258 e. The number of hydrogen-bond donors (Lipinski definition) is 0. The second-order valence-corrected chi connectivity index (χ2v) is 37.8. The van der Waals surface area contributed by atoms with Gasteiger partial charge in [0.05, 0.1) is 55.7 Å². The quantitative estimate of drug-likeness (QED) is 0.133. The monoisotopic (exact) mass is 1490 g/mol. The van der Waals surface area contributed by atoms with Gasteiger partial charge in [0, 0.05) is 116 Å². The SMILES string of the molecule is Cc1nc(C(C)(C)C)c2c(C)c(C)c3c(C)c(C)c(C)nc3c2n1.Cc1nc(C(C)(C)C)c2c(C)c(C)nc(C)c2c1C.Cc1nc(C(C)(C)C)c2c(n1)c(C)c(C)c1c(C)c(C)c(C)nc12.Cc1nc2c(C)c(C)c(C(C)(C)C)nc2c(C)c1C.Cc1nc2c(c(C)c1C)c(C)c(C(C)(C)C)c1c(C)c(C)c(C)nc12. The van der Waals surface area contributed by atoms with E-state index < -0.39 is 0 Å². The van der Waals surface area contributed by atoms with Crippen LogP contribution in [0, 0.1) is 201 Å². The van der Waals surface area contributed by atoms with Crippen LogP contribution in [0.5, 0.6) is 0 Å². The van der Waals surface area contributed by atoms with Crippen LogP contribution in [0.1, 0.15) is 295 Å². The third kappa shape index (κ3) is 15.5. The molecule has 0 spiro atoms. The van der Waals surface area contributed by atoms with Crippen molar-refractivity contribution >= 4 is 87.2 Å². The van der Waals surface area contributed by atoms with Gasteiger partial charge in [-0.25, -0.2) is 19.9 Å². The highest BCUT2D eigenvalue weighted by molar-refractivity contribution is 6.12. The van der Waals surface area contributed by atoms with Crippen molar-refractivity contribution in [3.8, 4) is 0 Å². The zero-order chi connectivity index (χ0) is 83.9. The van der Waals surface area contributed by atoms with Gasteiger partial charge in [0.15, 0.2) is 0 Å². The van der Waals surface area contributed by atoms with E-state index in [9.17, 15) is 0 Å². The van der Waals surface area contributed by atoms with Crippen molar-refractivity contribution in [3.63, 3.8) is 0 Å². The predicted octanol–water partition coefficient (Wildman–Crippen LogP) is 25.8. The first-order valence-corrected chi connectivity index (χ1v) is 40.1. The summed E-state index contributed by atoms with van der Waals surface area (Å²) in [6.45, 7) is 95.7. The molecular weight excluding hydrogens is 1360 g/mol. The summed E-state index contributed by atoms with van der Waals surface area (Å²) >= 11 is 0. The van der Waals surface area contributed by atoms with E-state index in [0.29, 0.717) is 0 Å². The molecule has 588 valence electrons. The molecule has 0 amide bonds. The Labute approximate surface area is 666 Å². The molecule has 10 heterocycles. The van der Waals surface area contributed by atoms with Gasteiger partial charge in [-0.3, -0.25) is 39.9 Å². The zero-order valence-electron chi connectivity index (χ0n) is 76.9. The Hall–Kier alpha value is -8.90. The summed E-state index contributed by atoms with van der Waals surface area (Å²) in [5, 5.41) is 10.0. The second kappa shape index (κ2) is 30.2.